The first-order valence-electron chi connectivity index (χ1n) is 7.05. The van der Waals surface area contributed by atoms with E-state index in [-0.39, 0.29) is 17.5 Å². The van der Waals surface area contributed by atoms with Crippen molar-refractivity contribution >= 4 is 32.3 Å². The molecular weight excluding hydrogens is 312 g/mol. The van der Waals surface area contributed by atoms with Crippen LogP contribution in [0.2, 0.25) is 0 Å². The molecule has 1 aliphatic heterocycles. The number of ether oxygens (including phenoxy) is 1. The highest BCUT2D eigenvalue weighted by Gasteiger charge is 2.21. The third-order valence-corrected chi connectivity index (χ3v) is 5.92. The Morgan fingerprint density at radius 1 is 1.43 bits per heavy atom. The Morgan fingerprint density at radius 3 is 3.00 bits per heavy atom. The van der Waals surface area contributed by atoms with E-state index in [0.717, 1.165) is 10.8 Å². The summed E-state index contributed by atoms with van der Waals surface area (Å²) >= 11 is 1.50. The van der Waals surface area contributed by atoms with Crippen molar-refractivity contribution in [1.29, 1.82) is 0 Å². The van der Waals surface area contributed by atoms with E-state index in [1.165, 1.54) is 11.3 Å². The third-order valence-electron chi connectivity index (χ3n) is 3.26. The highest BCUT2D eigenvalue weighted by atomic mass is 32.2. The number of carbonyl (C=O) groups excluding carboxylic acids is 1. The number of anilines is 1. The third kappa shape index (κ3) is 4.96. The highest BCUT2D eigenvalue weighted by Crippen LogP contribution is 2.23. The maximum absolute atomic E-state index is 11.6. The predicted octanol–water partition coefficient (Wildman–Crippen LogP) is 1.26. The van der Waals surface area contributed by atoms with Gasteiger partial charge in [0.2, 0.25) is 0 Å². The van der Waals surface area contributed by atoms with Crippen molar-refractivity contribution in [2.45, 2.75) is 26.2 Å². The Morgan fingerprint density at radius 2 is 2.24 bits per heavy atom. The largest absolute Gasteiger partial charge is 0.466 e. The topological polar surface area (TPSA) is 76.6 Å². The summed E-state index contributed by atoms with van der Waals surface area (Å²) in [6, 6.07) is 0. The van der Waals surface area contributed by atoms with Crippen molar-refractivity contribution in [3.05, 3.63) is 11.1 Å². The highest BCUT2D eigenvalue weighted by molar-refractivity contribution is 7.91. The fourth-order valence-corrected chi connectivity index (χ4v) is 4.33. The summed E-state index contributed by atoms with van der Waals surface area (Å²) in [5, 5.41) is 2.76. The molecule has 0 bridgehead atoms. The zero-order valence-electron chi connectivity index (χ0n) is 12.1. The van der Waals surface area contributed by atoms with Crippen molar-refractivity contribution in [3.63, 3.8) is 0 Å². The van der Waals surface area contributed by atoms with E-state index in [9.17, 15) is 13.2 Å². The monoisotopic (exact) mass is 332 g/mol. The van der Waals surface area contributed by atoms with E-state index in [4.69, 9.17) is 4.74 Å². The Labute approximate surface area is 129 Å². The fraction of sp³-hybridized carbons (Fsp3) is 0.692. The number of hydrogen-bond donors (Lipinski definition) is 0. The molecule has 0 spiro atoms. The average Bonchev–Trinajstić information content (AvgIpc) is 2.82. The molecule has 0 aromatic carbocycles. The van der Waals surface area contributed by atoms with Gasteiger partial charge < -0.3 is 9.64 Å². The Hall–Kier alpha value is -1.15. The molecule has 6 nitrogen and oxygen atoms in total. The van der Waals surface area contributed by atoms with Crippen LogP contribution in [0.15, 0.2) is 5.38 Å². The molecule has 1 aromatic heterocycles. The van der Waals surface area contributed by atoms with Gasteiger partial charge in [0.25, 0.3) is 0 Å². The number of nitrogens with zero attached hydrogens (tertiary/aromatic N) is 2. The van der Waals surface area contributed by atoms with Gasteiger partial charge in [0.1, 0.15) is 0 Å². The lowest BCUT2D eigenvalue weighted by Gasteiger charge is -2.17. The number of carbonyl (C=O) groups is 1. The zero-order chi connectivity index (χ0) is 15.3. The second-order valence-electron chi connectivity index (χ2n) is 4.92. The van der Waals surface area contributed by atoms with Crippen molar-refractivity contribution in [2.75, 3.05) is 36.1 Å². The number of aryl methyl sites for hydroxylation is 1. The summed E-state index contributed by atoms with van der Waals surface area (Å²) in [5.41, 5.74) is 0.857. The van der Waals surface area contributed by atoms with Gasteiger partial charge in [-0.1, -0.05) is 0 Å². The Balaban J connectivity index is 1.92. The van der Waals surface area contributed by atoms with Crippen LogP contribution in [0, 0.1) is 0 Å². The minimum atomic E-state index is -2.91. The quantitative estimate of drug-likeness (QED) is 0.756. The van der Waals surface area contributed by atoms with Crippen molar-refractivity contribution in [3.8, 4) is 0 Å². The van der Waals surface area contributed by atoms with Gasteiger partial charge in [-0.05, 0) is 13.3 Å². The van der Waals surface area contributed by atoms with Crippen LogP contribution in [0.3, 0.4) is 0 Å². The molecule has 2 heterocycles. The van der Waals surface area contributed by atoms with Crippen LogP contribution >= 0.6 is 11.3 Å². The number of esters is 1. The first kappa shape index (κ1) is 16.2. The van der Waals surface area contributed by atoms with Crippen molar-refractivity contribution in [2.24, 2.45) is 0 Å². The minimum absolute atomic E-state index is 0.185. The smallest absolute Gasteiger partial charge is 0.306 e. The maximum atomic E-state index is 11.6. The van der Waals surface area contributed by atoms with Crippen molar-refractivity contribution in [1.82, 2.24) is 4.98 Å². The Kier molecular flexibility index (Phi) is 5.58. The summed E-state index contributed by atoms with van der Waals surface area (Å²) in [7, 11) is -2.91. The fourth-order valence-electron chi connectivity index (χ4n) is 2.15. The zero-order valence-corrected chi connectivity index (χ0v) is 13.7. The van der Waals surface area contributed by atoms with E-state index < -0.39 is 9.84 Å². The van der Waals surface area contributed by atoms with Crippen LogP contribution in [0.1, 0.15) is 25.5 Å². The predicted molar refractivity (Wildman–Crippen MR) is 82.6 cm³/mol. The second kappa shape index (κ2) is 7.22. The molecule has 8 heteroatoms. The molecule has 118 valence electrons. The summed E-state index contributed by atoms with van der Waals surface area (Å²) in [6.45, 7) is 3.38. The molecule has 0 N–H and O–H groups in total. The van der Waals surface area contributed by atoms with Gasteiger partial charge in [0.15, 0.2) is 15.0 Å². The standard InChI is InChI=1S/C13H20N2O4S2/c1-2-19-12(16)5-4-11-10-20-13(14-11)15-6-3-8-21(17,18)9-7-15/h10H,2-9H2,1H3. The van der Waals surface area contributed by atoms with Crippen LogP contribution in [0.25, 0.3) is 0 Å². The van der Waals surface area contributed by atoms with Gasteiger partial charge in [0.05, 0.1) is 30.2 Å². The van der Waals surface area contributed by atoms with Gasteiger partial charge in [-0.15, -0.1) is 11.3 Å². The van der Waals surface area contributed by atoms with E-state index in [0.29, 0.717) is 39.0 Å². The van der Waals surface area contributed by atoms with Crippen LogP contribution in [0.4, 0.5) is 5.13 Å². The van der Waals surface area contributed by atoms with Crippen LogP contribution in [-0.2, 0) is 25.8 Å². The molecule has 21 heavy (non-hydrogen) atoms. The van der Waals surface area contributed by atoms with Crippen LogP contribution in [-0.4, -0.2) is 50.6 Å². The van der Waals surface area contributed by atoms with E-state index in [1.54, 1.807) is 6.92 Å². The summed E-state index contributed by atoms with van der Waals surface area (Å²) in [4.78, 5) is 17.8. The number of thiazole rings is 1. The average molecular weight is 332 g/mol. The molecule has 0 atom stereocenters. The second-order valence-corrected chi connectivity index (χ2v) is 8.06. The molecule has 1 saturated heterocycles. The normalized spacial score (nSPS) is 18.2. The lowest BCUT2D eigenvalue weighted by molar-refractivity contribution is -0.143. The first-order chi connectivity index (χ1) is 10.00. The first-order valence-corrected chi connectivity index (χ1v) is 9.75. The van der Waals surface area contributed by atoms with Crippen LogP contribution < -0.4 is 4.90 Å². The van der Waals surface area contributed by atoms with Crippen LogP contribution in [0.5, 0.6) is 0 Å². The SMILES string of the molecule is CCOC(=O)CCc1csc(N2CCCS(=O)(=O)CC2)n1. The van der Waals surface area contributed by atoms with Crippen molar-refractivity contribution < 1.29 is 17.9 Å². The Bertz CT molecular complexity index is 583. The van der Waals surface area contributed by atoms with Gasteiger partial charge in [0, 0.05) is 24.9 Å². The molecule has 0 radical (unpaired) electrons. The maximum Gasteiger partial charge on any atom is 0.306 e. The molecule has 0 unspecified atom stereocenters. The van der Waals surface area contributed by atoms with Gasteiger partial charge in [-0.3, -0.25) is 4.79 Å². The summed E-state index contributed by atoms with van der Waals surface area (Å²) in [5.74, 6) is 0.225. The van der Waals surface area contributed by atoms with Gasteiger partial charge in [-0.25, -0.2) is 13.4 Å². The van der Waals surface area contributed by atoms with E-state index >= 15 is 0 Å². The van der Waals surface area contributed by atoms with Gasteiger partial charge >= 0.3 is 5.97 Å². The molecule has 0 saturated carbocycles. The number of hydrogen-bond acceptors (Lipinski definition) is 7. The molecule has 1 fully saturated rings. The molecule has 0 aliphatic carbocycles. The number of rotatable bonds is 5. The van der Waals surface area contributed by atoms with E-state index in [1.807, 2.05) is 10.3 Å². The minimum Gasteiger partial charge on any atom is -0.466 e. The van der Waals surface area contributed by atoms with E-state index in [2.05, 4.69) is 4.98 Å². The molecule has 0 amide bonds. The molecule has 1 aliphatic rings. The molecular formula is C13H20N2O4S2. The molecule has 2 rings (SSSR count). The number of aromatic nitrogens is 1. The van der Waals surface area contributed by atoms with Gasteiger partial charge in [-0.2, -0.15) is 0 Å². The summed E-state index contributed by atoms with van der Waals surface area (Å²) in [6.07, 6.45) is 1.52. The number of sulfone groups is 1. The lowest BCUT2D eigenvalue weighted by atomic mass is 10.2. The lowest BCUT2D eigenvalue weighted by Crippen LogP contribution is -2.26. The summed E-state index contributed by atoms with van der Waals surface area (Å²) < 4.78 is 28.1. The molecule has 1 aromatic rings.